The number of rotatable bonds is 8. The summed E-state index contributed by atoms with van der Waals surface area (Å²) in [4.78, 5) is 28.0. The number of carbonyl (C=O) groups excluding carboxylic acids is 2. The number of hydrogen-bond acceptors (Lipinski definition) is 6. The van der Waals surface area contributed by atoms with Crippen molar-refractivity contribution in [3.63, 3.8) is 0 Å². The summed E-state index contributed by atoms with van der Waals surface area (Å²) in [6.07, 6.45) is 2.97. The van der Waals surface area contributed by atoms with Gasteiger partial charge in [-0.15, -0.1) is 0 Å². The van der Waals surface area contributed by atoms with Crippen LogP contribution in [-0.2, 0) is 9.53 Å². The Hall–Kier alpha value is -3.94. The summed E-state index contributed by atoms with van der Waals surface area (Å²) < 4.78 is 21.1. The largest absolute Gasteiger partial charge is 0.493 e. The molecule has 0 spiro atoms. The van der Waals surface area contributed by atoms with E-state index < -0.39 is 11.9 Å². The Morgan fingerprint density at radius 2 is 1.71 bits per heavy atom. The molecule has 0 aliphatic carbocycles. The maximum Gasteiger partial charge on any atom is 0.356 e. The minimum absolute atomic E-state index is 0.192. The molecule has 0 aliphatic rings. The molecule has 8 heteroatoms. The molecule has 0 bridgehead atoms. The zero-order chi connectivity index (χ0) is 22.4. The second kappa shape index (κ2) is 9.71. The lowest BCUT2D eigenvalue weighted by Crippen LogP contribution is -2.13. The average Bonchev–Trinajstić information content (AvgIpc) is 3.15. The summed E-state index contributed by atoms with van der Waals surface area (Å²) >= 11 is 0. The summed E-state index contributed by atoms with van der Waals surface area (Å²) in [6, 6.07) is 10.7. The van der Waals surface area contributed by atoms with Crippen molar-refractivity contribution in [2.24, 2.45) is 0 Å². The van der Waals surface area contributed by atoms with Gasteiger partial charge < -0.3 is 29.2 Å². The number of carbonyl (C=O) groups is 2. The predicted octanol–water partition coefficient (Wildman–Crippen LogP) is 4.02. The molecular formula is C23H24N2O6. The van der Waals surface area contributed by atoms with Crippen molar-refractivity contribution >= 4 is 34.5 Å². The van der Waals surface area contributed by atoms with Crippen molar-refractivity contribution in [1.29, 1.82) is 0 Å². The molecule has 8 nitrogen and oxygen atoms in total. The summed E-state index contributed by atoms with van der Waals surface area (Å²) in [5.41, 5.74) is 1.95. The maximum atomic E-state index is 12.6. The third kappa shape index (κ3) is 4.63. The van der Waals surface area contributed by atoms with Crippen LogP contribution in [0.4, 0.5) is 5.69 Å². The van der Waals surface area contributed by atoms with Crippen molar-refractivity contribution < 1.29 is 28.5 Å². The number of H-pyrrole nitrogens is 1. The van der Waals surface area contributed by atoms with Gasteiger partial charge in [-0.2, -0.15) is 0 Å². The first kappa shape index (κ1) is 21.8. The smallest absolute Gasteiger partial charge is 0.356 e. The Kier molecular flexibility index (Phi) is 6.81. The molecule has 0 atom stereocenters. The van der Waals surface area contributed by atoms with Gasteiger partial charge in [0.05, 0.1) is 33.6 Å². The van der Waals surface area contributed by atoms with Crippen LogP contribution in [0.5, 0.6) is 17.2 Å². The Balaban J connectivity index is 1.89. The molecule has 2 N–H and O–H groups in total. The van der Waals surface area contributed by atoms with Gasteiger partial charge in [0.25, 0.3) is 0 Å². The summed E-state index contributed by atoms with van der Waals surface area (Å²) in [5, 5.41) is 3.49. The van der Waals surface area contributed by atoms with Gasteiger partial charge >= 0.3 is 5.97 Å². The minimum Gasteiger partial charge on any atom is -0.493 e. The Labute approximate surface area is 179 Å². The van der Waals surface area contributed by atoms with E-state index in [9.17, 15) is 9.59 Å². The second-order valence-corrected chi connectivity index (χ2v) is 6.42. The number of esters is 1. The van der Waals surface area contributed by atoms with Gasteiger partial charge in [-0.25, -0.2) is 4.79 Å². The third-order valence-corrected chi connectivity index (χ3v) is 4.55. The van der Waals surface area contributed by atoms with E-state index in [0.717, 1.165) is 5.52 Å². The Morgan fingerprint density at radius 1 is 1.03 bits per heavy atom. The second-order valence-electron chi connectivity index (χ2n) is 6.42. The molecule has 0 saturated heterocycles. The van der Waals surface area contributed by atoms with Gasteiger partial charge in [-0.05, 0) is 36.8 Å². The predicted molar refractivity (Wildman–Crippen MR) is 118 cm³/mol. The molecule has 0 radical (unpaired) electrons. The number of aromatic amines is 1. The minimum atomic E-state index is -0.539. The lowest BCUT2D eigenvalue weighted by atomic mass is 10.1. The Bertz CT molecular complexity index is 1110. The first-order chi connectivity index (χ1) is 15.0. The molecule has 3 rings (SSSR count). The highest BCUT2D eigenvalue weighted by atomic mass is 16.5. The molecule has 0 saturated carbocycles. The molecule has 0 aliphatic heterocycles. The molecule has 1 aromatic heterocycles. The fourth-order valence-corrected chi connectivity index (χ4v) is 3.16. The number of methoxy groups -OCH3 is 3. The highest BCUT2D eigenvalue weighted by molar-refractivity contribution is 6.13. The normalized spacial score (nSPS) is 10.8. The van der Waals surface area contributed by atoms with Gasteiger partial charge in [0, 0.05) is 17.0 Å². The molecular weight excluding hydrogens is 400 g/mol. The fourth-order valence-electron chi connectivity index (χ4n) is 3.16. The van der Waals surface area contributed by atoms with Gasteiger partial charge in [0.1, 0.15) is 5.69 Å². The van der Waals surface area contributed by atoms with E-state index in [1.54, 1.807) is 25.1 Å². The number of para-hydroxylation sites is 1. The standard InChI is InChI=1S/C23H24N2O6/c1-5-31-23(27)21-20(15-8-6-7-9-16(15)24-21)25-19(26)11-10-14-12-17(28-2)22(30-4)18(13-14)29-3/h6-13,24H,5H2,1-4H3,(H,25,26). The van der Waals surface area contributed by atoms with Crippen molar-refractivity contribution in [2.75, 3.05) is 33.3 Å². The first-order valence-corrected chi connectivity index (χ1v) is 9.59. The number of aromatic nitrogens is 1. The van der Waals surface area contributed by atoms with Crippen LogP contribution < -0.4 is 19.5 Å². The van der Waals surface area contributed by atoms with Gasteiger partial charge in [0.2, 0.25) is 11.7 Å². The average molecular weight is 424 g/mol. The molecule has 31 heavy (non-hydrogen) atoms. The van der Waals surface area contributed by atoms with E-state index in [2.05, 4.69) is 10.3 Å². The fraction of sp³-hybridized carbons (Fsp3) is 0.217. The quantitative estimate of drug-likeness (QED) is 0.419. The number of fused-ring (bicyclic) bond motifs is 1. The summed E-state index contributed by atoms with van der Waals surface area (Å²) in [7, 11) is 4.56. The molecule has 3 aromatic rings. The lowest BCUT2D eigenvalue weighted by molar-refractivity contribution is -0.111. The molecule has 2 aromatic carbocycles. The number of anilines is 1. The van der Waals surface area contributed by atoms with Crippen molar-refractivity contribution in [1.82, 2.24) is 4.98 Å². The van der Waals surface area contributed by atoms with E-state index in [0.29, 0.717) is 33.9 Å². The van der Waals surface area contributed by atoms with Crippen LogP contribution in [0.3, 0.4) is 0 Å². The monoisotopic (exact) mass is 424 g/mol. The molecule has 0 unspecified atom stereocenters. The van der Waals surface area contributed by atoms with E-state index in [4.69, 9.17) is 18.9 Å². The highest BCUT2D eigenvalue weighted by Gasteiger charge is 2.20. The molecule has 162 valence electrons. The van der Waals surface area contributed by atoms with E-state index in [1.807, 2.05) is 24.3 Å². The van der Waals surface area contributed by atoms with Crippen LogP contribution in [-0.4, -0.2) is 44.8 Å². The van der Waals surface area contributed by atoms with E-state index in [1.165, 1.54) is 27.4 Å². The zero-order valence-corrected chi connectivity index (χ0v) is 17.8. The number of nitrogens with one attached hydrogen (secondary N) is 2. The van der Waals surface area contributed by atoms with E-state index >= 15 is 0 Å². The van der Waals surface area contributed by atoms with Crippen LogP contribution in [0.15, 0.2) is 42.5 Å². The number of benzene rings is 2. The zero-order valence-electron chi connectivity index (χ0n) is 17.8. The molecule has 1 amide bonds. The van der Waals surface area contributed by atoms with Crippen molar-refractivity contribution in [3.8, 4) is 17.2 Å². The van der Waals surface area contributed by atoms with Crippen LogP contribution in [0.25, 0.3) is 17.0 Å². The van der Waals surface area contributed by atoms with Crippen LogP contribution in [0, 0.1) is 0 Å². The van der Waals surface area contributed by atoms with Gasteiger partial charge in [0.15, 0.2) is 11.5 Å². The topological polar surface area (TPSA) is 98.9 Å². The summed E-state index contributed by atoms with van der Waals surface area (Å²) in [6.45, 7) is 1.95. The van der Waals surface area contributed by atoms with E-state index in [-0.39, 0.29) is 12.3 Å². The Morgan fingerprint density at radius 3 is 2.32 bits per heavy atom. The molecule has 1 heterocycles. The van der Waals surface area contributed by atoms with Crippen molar-refractivity contribution in [2.45, 2.75) is 6.92 Å². The van der Waals surface area contributed by atoms with Gasteiger partial charge in [-0.3, -0.25) is 4.79 Å². The third-order valence-electron chi connectivity index (χ3n) is 4.55. The van der Waals surface area contributed by atoms with Crippen LogP contribution in [0.1, 0.15) is 23.0 Å². The number of hydrogen-bond donors (Lipinski definition) is 2. The lowest BCUT2D eigenvalue weighted by Gasteiger charge is -2.12. The highest BCUT2D eigenvalue weighted by Crippen LogP contribution is 2.38. The number of amides is 1. The number of ether oxygens (including phenoxy) is 4. The SMILES string of the molecule is CCOC(=O)c1[nH]c2ccccc2c1NC(=O)C=Cc1cc(OC)c(OC)c(OC)c1. The van der Waals surface area contributed by atoms with Crippen LogP contribution >= 0.6 is 0 Å². The van der Waals surface area contributed by atoms with Crippen molar-refractivity contribution in [3.05, 3.63) is 53.7 Å². The first-order valence-electron chi connectivity index (χ1n) is 9.59. The van der Waals surface area contributed by atoms with Gasteiger partial charge in [-0.1, -0.05) is 18.2 Å². The summed E-state index contributed by atoms with van der Waals surface area (Å²) in [5.74, 6) is 0.461. The maximum absolute atomic E-state index is 12.6. The molecule has 0 fully saturated rings. The van der Waals surface area contributed by atoms with Crippen LogP contribution in [0.2, 0.25) is 0 Å².